The van der Waals surface area contributed by atoms with Gasteiger partial charge in [0.25, 0.3) is 0 Å². The molecular formula is C26H41N3O4S. The molecule has 0 aromatic carbocycles. The van der Waals surface area contributed by atoms with Gasteiger partial charge in [-0.05, 0) is 43.4 Å². The average molecular weight is 492 g/mol. The molecule has 3 aliphatic carbocycles. The summed E-state index contributed by atoms with van der Waals surface area (Å²) in [7, 11) is 0. The smallest absolute Gasteiger partial charge is 0.231 e. The first-order valence-corrected chi connectivity index (χ1v) is 13.6. The van der Waals surface area contributed by atoms with Crippen LogP contribution in [0, 0.1) is 22.2 Å². The lowest BCUT2D eigenvalue weighted by Crippen LogP contribution is -2.57. The van der Waals surface area contributed by atoms with Crippen LogP contribution in [-0.2, 0) is 16.0 Å². The normalized spacial score (nSPS) is 33.8. The summed E-state index contributed by atoms with van der Waals surface area (Å²) in [5.41, 5.74) is -0.558. The molecule has 190 valence electrons. The number of rotatable bonds is 5. The highest BCUT2D eigenvalue weighted by atomic mass is 32.1. The number of thiazole rings is 1. The highest BCUT2D eigenvalue weighted by molar-refractivity contribution is 7.15. The number of hydrogen-bond donors (Lipinski definition) is 4. The van der Waals surface area contributed by atoms with Crippen molar-refractivity contribution in [2.75, 3.05) is 11.9 Å². The third-order valence-electron chi connectivity index (χ3n) is 8.91. The van der Waals surface area contributed by atoms with Gasteiger partial charge in [0, 0.05) is 34.1 Å². The number of aromatic nitrogens is 1. The molecule has 5 atom stereocenters. The summed E-state index contributed by atoms with van der Waals surface area (Å²) in [5, 5.41) is 28.1. The van der Waals surface area contributed by atoms with Crippen molar-refractivity contribution in [3.63, 3.8) is 0 Å². The highest BCUT2D eigenvalue weighted by Crippen LogP contribution is 2.62. The lowest BCUT2D eigenvalue weighted by molar-refractivity contribution is -0.144. The second kappa shape index (κ2) is 9.17. The number of aliphatic hydroxyl groups is 2. The Morgan fingerprint density at radius 1 is 1.18 bits per heavy atom. The van der Waals surface area contributed by atoms with E-state index >= 15 is 0 Å². The molecule has 4 rings (SSSR count). The molecule has 0 spiro atoms. The summed E-state index contributed by atoms with van der Waals surface area (Å²) in [6, 6.07) is 0.257. The van der Waals surface area contributed by atoms with Crippen molar-refractivity contribution in [2.45, 2.75) is 104 Å². The third-order valence-corrected chi connectivity index (χ3v) is 9.91. The first-order valence-electron chi connectivity index (χ1n) is 12.8. The Morgan fingerprint density at radius 2 is 1.85 bits per heavy atom. The van der Waals surface area contributed by atoms with E-state index < -0.39 is 16.9 Å². The summed E-state index contributed by atoms with van der Waals surface area (Å²) >= 11 is 1.47. The molecule has 2 fully saturated rings. The molecule has 4 N–H and O–H groups in total. The third kappa shape index (κ3) is 4.53. The summed E-state index contributed by atoms with van der Waals surface area (Å²) < 4.78 is 0. The quantitative estimate of drug-likeness (QED) is 0.498. The molecule has 34 heavy (non-hydrogen) atoms. The van der Waals surface area contributed by atoms with Gasteiger partial charge in [-0.25, -0.2) is 4.98 Å². The molecule has 0 aliphatic heterocycles. The molecule has 0 saturated heterocycles. The fraction of sp³-hybridized carbons (Fsp3) is 0.808. The van der Waals surface area contributed by atoms with Gasteiger partial charge in [-0.3, -0.25) is 9.59 Å². The van der Waals surface area contributed by atoms with E-state index in [0.717, 1.165) is 42.7 Å². The standard InChI is InChI=1S/C26H41N3O4S/c1-24(2,3)22(33)29-23-28-21-16(12-20(32)27-15-8-6-7-9-15)25(4)11-10-19(31)26(5,14-30)18(25)13-17(21)34-23/h15-16,18-19,30-31H,6-14H2,1-5H3,(H,27,32)(H,28,29,33). The number of aliphatic hydroxyl groups excluding tert-OH is 2. The topological polar surface area (TPSA) is 112 Å². The predicted molar refractivity (Wildman–Crippen MR) is 134 cm³/mol. The zero-order chi connectivity index (χ0) is 24.9. The molecular weight excluding hydrogens is 450 g/mol. The first kappa shape index (κ1) is 25.6. The maximum absolute atomic E-state index is 13.2. The van der Waals surface area contributed by atoms with E-state index in [9.17, 15) is 19.8 Å². The average Bonchev–Trinajstić information content (AvgIpc) is 3.41. The molecule has 5 unspecified atom stereocenters. The summed E-state index contributed by atoms with van der Waals surface area (Å²) in [5.74, 6) is -0.155. The Hall–Kier alpha value is -1.51. The predicted octanol–water partition coefficient (Wildman–Crippen LogP) is 3.99. The first-order chi connectivity index (χ1) is 15.9. The number of anilines is 1. The monoisotopic (exact) mass is 491 g/mol. The van der Waals surface area contributed by atoms with Gasteiger partial charge in [-0.1, -0.05) is 47.5 Å². The highest BCUT2D eigenvalue weighted by Gasteiger charge is 2.59. The molecule has 1 aromatic heterocycles. The van der Waals surface area contributed by atoms with Crippen LogP contribution < -0.4 is 10.6 Å². The van der Waals surface area contributed by atoms with Crippen LogP contribution in [-0.4, -0.2) is 45.8 Å². The number of nitrogens with one attached hydrogen (secondary N) is 2. The van der Waals surface area contributed by atoms with Crippen molar-refractivity contribution < 1.29 is 19.8 Å². The zero-order valence-corrected chi connectivity index (χ0v) is 22.1. The van der Waals surface area contributed by atoms with Crippen LogP contribution in [0.1, 0.15) is 96.1 Å². The number of nitrogens with zero attached hydrogens (tertiary/aromatic N) is 1. The van der Waals surface area contributed by atoms with E-state index in [0.29, 0.717) is 24.4 Å². The van der Waals surface area contributed by atoms with Crippen LogP contribution in [0.25, 0.3) is 0 Å². The van der Waals surface area contributed by atoms with Crippen molar-refractivity contribution in [2.24, 2.45) is 22.2 Å². The van der Waals surface area contributed by atoms with Crippen LogP contribution in [0.4, 0.5) is 5.13 Å². The second-order valence-corrected chi connectivity index (χ2v) is 13.4. The SMILES string of the molecule is CC(C)(C)C(=O)Nc1nc2c(s1)CC1C(C)(CO)C(O)CCC1(C)C2CC(=O)NC1CCCC1. The minimum absolute atomic E-state index is 0.0112. The van der Waals surface area contributed by atoms with E-state index in [4.69, 9.17) is 4.98 Å². The molecule has 1 heterocycles. The molecule has 3 aliphatic rings. The Kier molecular flexibility index (Phi) is 6.90. The van der Waals surface area contributed by atoms with Crippen molar-refractivity contribution in [1.82, 2.24) is 10.3 Å². The maximum Gasteiger partial charge on any atom is 0.231 e. The molecule has 0 radical (unpaired) electrons. The van der Waals surface area contributed by atoms with Gasteiger partial charge in [0.15, 0.2) is 5.13 Å². The van der Waals surface area contributed by atoms with E-state index in [1.807, 2.05) is 27.7 Å². The molecule has 2 amide bonds. The van der Waals surface area contributed by atoms with Gasteiger partial charge in [0.1, 0.15) is 0 Å². The second-order valence-electron chi connectivity index (χ2n) is 12.3. The zero-order valence-electron chi connectivity index (χ0n) is 21.2. The number of carbonyl (C=O) groups excluding carboxylic acids is 2. The van der Waals surface area contributed by atoms with Crippen LogP contribution in [0.3, 0.4) is 0 Å². The number of fused-ring (bicyclic) bond motifs is 2. The van der Waals surface area contributed by atoms with Crippen LogP contribution in [0.15, 0.2) is 0 Å². The van der Waals surface area contributed by atoms with Gasteiger partial charge in [-0.2, -0.15) is 0 Å². The summed E-state index contributed by atoms with van der Waals surface area (Å²) in [6.07, 6.45) is 6.20. The maximum atomic E-state index is 13.2. The lowest BCUT2D eigenvalue weighted by atomic mass is 9.47. The van der Waals surface area contributed by atoms with Gasteiger partial charge in [0.05, 0.1) is 18.4 Å². The number of hydrogen-bond acceptors (Lipinski definition) is 6. The van der Waals surface area contributed by atoms with Crippen molar-refractivity contribution in [3.05, 3.63) is 10.6 Å². The fourth-order valence-corrected chi connectivity index (χ4v) is 7.59. The van der Waals surface area contributed by atoms with Gasteiger partial charge < -0.3 is 20.8 Å². The fourth-order valence-electron chi connectivity index (χ4n) is 6.53. The molecule has 8 heteroatoms. The summed E-state index contributed by atoms with van der Waals surface area (Å²) in [4.78, 5) is 31.8. The van der Waals surface area contributed by atoms with Gasteiger partial charge in [-0.15, -0.1) is 11.3 Å². The molecule has 7 nitrogen and oxygen atoms in total. The Bertz CT molecular complexity index is 935. The van der Waals surface area contributed by atoms with E-state index in [-0.39, 0.29) is 41.7 Å². The molecule has 1 aromatic rings. The molecule has 2 saturated carbocycles. The van der Waals surface area contributed by atoms with Crippen LogP contribution >= 0.6 is 11.3 Å². The van der Waals surface area contributed by atoms with Crippen molar-refractivity contribution >= 4 is 28.3 Å². The lowest BCUT2D eigenvalue weighted by Gasteiger charge is -2.58. The van der Waals surface area contributed by atoms with Gasteiger partial charge in [0.2, 0.25) is 11.8 Å². The number of amides is 2. The summed E-state index contributed by atoms with van der Waals surface area (Å²) in [6.45, 7) is 9.70. The minimum atomic E-state index is -0.649. The van der Waals surface area contributed by atoms with Gasteiger partial charge >= 0.3 is 0 Å². The minimum Gasteiger partial charge on any atom is -0.396 e. The number of carbonyl (C=O) groups is 2. The van der Waals surface area contributed by atoms with Crippen molar-refractivity contribution in [1.29, 1.82) is 0 Å². The Labute approximate surface area is 207 Å². The van der Waals surface area contributed by atoms with Crippen LogP contribution in [0.2, 0.25) is 0 Å². The van der Waals surface area contributed by atoms with Crippen molar-refractivity contribution in [3.8, 4) is 0 Å². The molecule has 0 bridgehead atoms. The largest absolute Gasteiger partial charge is 0.396 e. The van der Waals surface area contributed by atoms with E-state index in [2.05, 4.69) is 17.6 Å². The Balaban J connectivity index is 1.69. The van der Waals surface area contributed by atoms with E-state index in [1.54, 1.807) is 0 Å². The van der Waals surface area contributed by atoms with E-state index in [1.165, 1.54) is 11.3 Å². The van der Waals surface area contributed by atoms with Crippen LogP contribution in [0.5, 0.6) is 0 Å². The Morgan fingerprint density at radius 3 is 2.47 bits per heavy atom.